The van der Waals surface area contributed by atoms with Gasteiger partial charge in [-0.25, -0.2) is 0 Å². The minimum Gasteiger partial charge on any atom is -0.370 e. The maximum absolute atomic E-state index is 11.1. The van der Waals surface area contributed by atoms with E-state index in [9.17, 15) is 4.79 Å². The van der Waals surface area contributed by atoms with Crippen molar-refractivity contribution < 1.29 is 4.79 Å². The number of likely N-dealkylation sites (tertiary alicyclic amines) is 2. The fraction of sp³-hybridized carbons (Fsp3) is 0.875. The molecule has 2 saturated heterocycles. The molecule has 0 aromatic carbocycles. The van der Waals surface area contributed by atoms with Crippen LogP contribution in [0.3, 0.4) is 0 Å². The molecule has 0 aliphatic carbocycles. The molecule has 6 nitrogen and oxygen atoms in total. The smallest absolute Gasteiger partial charge is 0.217 e. The summed E-state index contributed by atoms with van der Waals surface area (Å²) in [7, 11) is 4.03. The van der Waals surface area contributed by atoms with Crippen LogP contribution in [0.1, 0.15) is 32.1 Å². The van der Waals surface area contributed by atoms with Crippen molar-refractivity contribution in [3.05, 3.63) is 0 Å². The van der Waals surface area contributed by atoms with Gasteiger partial charge in [0.1, 0.15) is 0 Å². The number of amides is 1. The zero-order valence-corrected chi connectivity index (χ0v) is 16.8. The Kier molecular flexibility index (Phi) is 9.19. The molecule has 2 unspecified atom stereocenters. The molecule has 0 bridgehead atoms. The first-order chi connectivity index (χ1) is 10.6. The van der Waals surface area contributed by atoms with E-state index in [4.69, 9.17) is 5.73 Å². The average Bonchev–Trinajstić information content (AvgIpc) is 2.48. The van der Waals surface area contributed by atoms with Crippen LogP contribution in [0.15, 0.2) is 4.99 Å². The summed E-state index contributed by atoms with van der Waals surface area (Å²) >= 11 is 0. The molecule has 2 aliphatic heterocycles. The quantitative estimate of drug-likeness (QED) is 0.393. The number of halogens is 1. The Hall–Kier alpha value is -0.570. The number of rotatable bonds is 4. The van der Waals surface area contributed by atoms with Gasteiger partial charge in [0.2, 0.25) is 5.91 Å². The number of carbonyl (C=O) groups is 1. The van der Waals surface area contributed by atoms with Gasteiger partial charge in [0, 0.05) is 39.6 Å². The molecule has 2 atom stereocenters. The number of nitrogens with one attached hydrogen (secondary N) is 1. The summed E-state index contributed by atoms with van der Waals surface area (Å²) in [6, 6.07) is 0. The number of aliphatic imine (C=N–C) groups is 1. The van der Waals surface area contributed by atoms with E-state index < -0.39 is 0 Å². The van der Waals surface area contributed by atoms with Crippen LogP contribution in [-0.4, -0.2) is 68.5 Å². The molecule has 0 spiro atoms. The van der Waals surface area contributed by atoms with Gasteiger partial charge >= 0.3 is 0 Å². The van der Waals surface area contributed by atoms with Crippen LogP contribution in [0.25, 0.3) is 0 Å². The Morgan fingerprint density at radius 1 is 1.22 bits per heavy atom. The van der Waals surface area contributed by atoms with Crippen LogP contribution >= 0.6 is 24.0 Å². The van der Waals surface area contributed by atoms with Gasteiger partial charge in [-0.2, -0.15) is 0 Å². The van der Waals surface area contributed by atoms with Gasteiger partial charge in [-0.05, 0) is 51.1 Å². The number of nitrogens with zero attached hydrogens (tertiary/aromatic N) is 3. The second-order valence-corrected chi connectivity index (χ2v) is 6.82. The highest BCUT2D eigenvalue weighted by Gasteiger charge is 2.24. The monoisotopic (exact) mass is 437 g/mol. The van der Waals surface area contributed by atoms with Gasteiger partial charge in [0.25, 0.3) is 0 Å². The minimum atomic E-state index is -0.194. The SMILES string of the molecule is CN=C(NCC1CCCN(C)C1)N1CCCC(CC(N)=O)C1.I. The van der Waals surface area contributed by atoms with Gasteiger partial charge in [0.15, 0.2) is 5.96 Å². The molecule has 23 heavy (non-hydrogen) atoms. The van der Waals surface area contributed by atoms with E-state index in [1.807, 2.05) is 7.05 Å². The Labute approximate surface area is 157 Å². The van der Waals surface area contributed by atoms with E-state index in [0.29, 0.717) is 18.3 Å². The largest absolute Gasteiger partial charge is 0.370 e. The Morgan fingerprint density at radius 2 is 1.91 bits per heavy atom. The van der Waals surface area contributed by atoms with E-state index in [1.165, 1.54) is 19.4 Å². The summed E-state index contributed by atoms with van der Waals surface area (Å²) in [5.74, 6) is 1.84. The molecule has 0 radical (unpaired) electrons. The number of piperidine rings is 2. The molecule has 134 valence electrons. The van der Waals surface area contributed by atoms with Crippen LogP contribution in [0.4, 0.5) is 0 Å². The molecule has 0 aromatic heterocycles. The number of primary amides is 1. The molecule has 3 N–H and O–H groups in total. The zero-order chi connectivity index (χ0) is 15.9. The minimum absolute atomic E-state index is 0. The first-order valence-corrected chi connectivity index (χ1v) is 8.51. The standard InChI is InChI=1S/C16H31N5O.HI/c1-18-16(19-10-14-6-3-7-20(2)11-14)21-8-4-5-13(12-21)9-15(17)22;/h13-14H,3-12H2,1-2H3,(H2,17,22)(H,18,19);1H. The van der Waals surface area contributed by atoms with Gasteiger partial charge < -0.3 is 20.9 Å². The van der Waals surface area contributed by atoms with Crippen molar-refractivity contribution in [2.24, 2.45) is 22.6 Å². The van der Waals surface area contributed by atoms with Gasteiger partial charge in [0.05, 0.1) is 0 Å². The van der Waals surface area contributed by atoms with Gasteiger partial charge in [-0.1, -0.05) is 0 Å². The first kappa shape index (κ1) is 20.5. The molecule has 0 saturated carbocycles. The second-order valence-electron chi connectivity index (χ2n) is 6.82. The maximum atomic E-state index is 11.1. The Balaban J connectivity index is 0.00000264. The molecule has 7 heteroatoms. The molecule has 1 amide bonds. The third kappa shape index (κ3) is 6.82. The predicted octanol–water partition coefficient (Wildman–Crippen LogP) is 1.11. The lowest BCUT2D eigenvalue weighted by molar-refractivity contribution is -0.119. The number of hydrogen-bond acceptors (Lipinski definition) is 3. The van der Waals surface area contributed by atoms with Crippen molar-refractivity contribution in [2.45, 2.75) is 32.1 Å². The highest BCUT2D eigenvalue weighted by molar-refractivity contribution is 14.0. The Morgan fingerprint density at radius 3 is 2.57 bits per heavy atom. The molecule has 2 fully saturated rings. The number of nitrogens with two attached hydrogens (primary N) is 1. The van der Waals surface area contributed by atoms with E-state index in [-0.39, 0.29) is 29.9 Å². The van der Waals surface area contributed by atoms with Crippen molar-refractivity contribution in [3.63, 3.8) is 0 Å². The van der Waals surface area contributed by atoms with E-state index in [1.54, 1.807) is 0 Å². The molecule has 2 aliphatic rings. The molecule has 2 rings (SSSR count). The van der Waals surface area contributed by atoms with E-state index in [0.717, 1.165) is 45.0 Å². The lowest BCUT2D eigenvalue weighted by Crippen LogP contribution is -2.49. The summed E-state index contributed by atoms with van der Waals surface area (Å²) in [6.07, 6.45) is 5.25. The van der Waals surface area contributed by atoms with Gasteiger partial charge in [-0.3, -0.25) is 9.79 Å². The zero-order valence-electron chi connectivity index (χ0n) is 14.5. The van der Waals surface area contributed by atoms with E-state index in [2.05, 4.69) is 27.2 Å². The molecular formula is C16H32IN5O. The average molecular weight is 437 g/mol. The van der Waals surface area contributed by atoms with Crippen LogP contribution < -0.4 is 11.1 Å². The normalized spacial score (nSPS) is 26.5. The number of guanidine groups is 1. The summed E-state index contributed by atoms with van der Waals surface area (Å²) in [5, 5.41) is 3.54. The maximum Gasteiger partial charge on any atom is 0.217 e. The summed E-state index contributed by atoms with van der Waals surface area (Å²) in [6.45, 7) is 5.25. The third-order valence-electron chi connectivity index (χ3n) is 4.79. The molecule has 0 aromatic rings. The number of carbonyl (C=O) groups excluding carboxylic acids is 1. The van der Waals surface area contributed by atoms with Crippen LogP contribution in [-0.2, 0) is 4.79 Å². The van der Waals surface area contributed by atoms with E-state index >= 15 is 0 Å². The summed E-state index contributed by atoms with van der Waals surface area (Å²) < 4.78 is 0. The predicted molar refractivity (Wildman–Crippen MR) is 105 cm³/mol. The first-order valence-electron chi connectivity index (χ1n) is 8.51. The summed E-state index contributed by atoms with van der Waals surface area (Å²) in [4.78, 5) is 20.2. The lowest BCUT2D eigenvalue weighted by Gasteiger charge is -2.36. The fourth-order valence-corrected chi connectivity index (χ4v) is 3.72. The Bertz CT molecular complexity index is 404. The topological polar surface area (TPSA) is 74.0 Å². The summed E-state index contributed by atoms with van der Waals surface area (Å²) in [5.41, 5.74) is 5.34. The van der Waals surface area contributed by atoms with Crippen LogP contribution in [0.2, 0.25) is 0 Å². The third-order valence-corrected chi connectivity index (χ3v) is 4.79. The number of hydrogen-bond donors (Lipinski definition) is 2. The van der Waals surface area contributed by atoms with Crippen molar-refractivity contribution >= 4 is 35.8 Å². The van der Waals surface area contributed by atoms with Crippen LogP contribution in [0, 0.1) is 11.8 Å². The highest BCUT2D eigenvalue weighted by atomic mass is 127. The van der Waals surface area contributed by atoms with Crippen molar-refractivity contribution in [2.75, 3.05) is 46.8 Å². The fourth-order valence-electron chi connectivity index (χ4n) is 3.72. The molecule has 2 heterocycles. The molecular weight excluding hydrogens is 405 g/mol. The van der Waals surface area contributed by atoms with Crippen LogP contribution in [0.5, 0.6) is 0 Å². The highest BCUT2D eigenvalue weighted by Crippen LogP contribution is 2.20. The van der Waals surface area contributed by atoms with Crippen molar-refractivity contribution in [1.82, 2.24) is 15.1 Å². The van der Waals surface area contributed by atoms with Crippen molar-refractivity contribution in [3.8, 4) is 0 Å². The van der Waals surface area contributed by atoms with Crippen molar-refractivity contribution in [1.29, 1.82) is 0 Å². The second kappa shape index (κ2) is 10.3. The lowest BCUT2D eigenvalue weighted by atomic mass is 9.94. The van der Waals surface area contributed by atoms with Gasteiger partial charge in [-0.15, -0.1) is 24.0 Å².